The van der Waals surface area contributed by atoms with Crippen LogP contribution in [0.25, 0.3) is 0 Å². The van der Waals surface area contributed by atoms with E-state index in [9.17, 15) is 19.7 Å². The Kier molecular flexibility index (Phi) is 7.29. The van der Waals surface area contributed by atoms with E-state index in [0.717, 1.165) is 24.8 Å². The van der Waals surface area contributed by atoms with E-state index in [4.69, 9.17) is 0 Å². The van der Waals surface area contributed by atoms with Crippen LogP contribution in [0, 0.1) is 16.0 Å². The van der Waals surface area contributed by atoms with Crippen molar-refractivity contribution in [2.45, 2.75) is 51.6 Å². The van der Waals surface area contributed by atoms with Crippen molar-refractivity contribution >= 4 is 17.6 Å². The third kappa shape index (κ3) is 6.02. The summed E-state index contributed by atoms with van der Waals surface area (Å²) in [6, 6.07) is 5.76. The molecule has 8 nitrogen and oxygen atoms in total. The predicted octanol–water partition coefficient (Wildman–Crippen LogP) is 2.99. The van der Waals surface area contributed by atoms with Crippen LogP contribution in [-0.2, 0) is 4.79 Å². The Morgan fingerprint density at radius 1 is 1.33 bits per heavy atom. The lowest BCUT2D eigenvalue weighted by atomic mass is 9.86. The number of nitrogens with zero attached hydrogens (tertiary/aromatic N) is 2. The zero-order valence-electron chi connectivity index (χ0n) is 16.1. The molecule has 2 N–H and O–H groups in total. The largest absolute Gasteiger partial charge is 0.335 e. The van der Waals surface area contributed by atoms with Crippen molar-refractivity contribution in [2.75, 3.05) is 13.6 Å². The van der Waals surface area contributed by atoms with Crippen molar-refractivity contribution in [2.24, 2.45) is 5.92 Å². The molecule has 8 heteroatoms. The average Bonchev–Trinajstić information content (AvgIpc) is 2.62. The molecule has 0 spiro atoms. The third-order valence-corrected chi connectivity index (χ3v) is 5.30. The highest BCUT2D eigenvalue weighted by atomic mass is 16.6. The van der Waals surface area contributed by atoms with Gasteiger partial charge in [0, 0.05) is 24.2 Å². The van der Waals surface area contributed by atoms with Gasteiger partial charge >= 0.3 is 6.03 Å². The zero-order chi connectivity index (χ0) is 20.0. The molecule has 1 fully saturated rings. The molecule has 3 atom stereocenters. The summed E-state index contributed by atoms with van der Waals surface area (Å²) >= 11 is 0. The SMILES string of the molecule is CC1CCCCC1NC(=O)NC(=O)CN(C)C(C)c1cccc([N+](=O)[O-])c1. The van der Waals surface area contributed by atoms with Gasteiger partial charge in [-0.3, -0.25) is 25.1 Å². The first-order valence-corrected chi connectivity index (χ1v) is 9.33. The lowest BCUT2D eigenvalue weighted by molar-refractivity contribution is -0.384. The van der Waals surface area contributed by atoms with Crippen LogP contribution in [0.1, 0.15) is 51.1 Å². The molecule has 1 saturated carbocycles. The van der Waals surface area contributed by atoms with E-state index in [1.807, 2.05) is 6.92 Å². The zero-order valence-corrected chi connectivity index (χ0v) is 16.1. The van der Waals surface area contributed by atoms with Crippen LogP contribution in [0.3, 0.4) is 0 Å². The monoisotopic (exact) mass is 376 g/mol. The minimum absolute atomic E-state index is 0.0114. The maximum absolute atomic E-state index is 12.2. The molecular weight excluding hydrogens is 348 g/mol. The minimum atomic E-state index is -0.463. The molecule has 1 aromatic carbocycles. The number of non-ortho nitro benzene ring substituents is 1. The number of benzene rings is 1. The van der Waals surface area contributed by atoms with Gasteiger partial charge in [-0.1, -0.05) is 31.9 Å². The fraction of sp³-hybridized carbons (Fsp3) is 0.579. The molecule has 1 aromatic rings. The van der Waals surface area contributed by atoms with E-state index in [1.165, 1.54) is 18.6 Å². The van der Waals surface area contributed by atoms with E-state index in [-0.39, 0.29) is 24.3 Å². The van der Waals surface area contributed by atoms with Gasteiger partial charge < -0.3 is 5.32 Å². The highest BCUT2D eigenvalue weighted by molar-refractivity contribution is 5.95. The Labute approximate surface area is 159 Å². The molecule has 0 saturated heterocycles. The lowest BCUT2D eigenvalue weighted by Gasteiger charge is -2.29. The molecule has 3 amide bonds. The van der Waals surface area contributed by atoms with Gasteiger partial charge in [-0.15, -0.1) is 0 Å². The van der Waals surface area contributed by atoms with Gasteiger partial charge in [0.25, 0.3) is 5.69 Å². The molecule has 2 rings (SSSR count). The van der Waals surface area contributed by atoms with Crippen LogP contribution in [0.15, 0.2) is 24.3 Å². The second-order valence-corrected chi connectivity index (χ2v) is 7.33. The van der Waals surface area contributed by atoms with Crippen LogP contribution in [0.2, 0.25) is 0 Å². The fourth-order valence-electron chi connectivity index (χ4n) is 3.42. The van der Waals surface area contributed by atoms with Gasteiger partial charge in [0.1, 0.15) is 0 Å². The molecular formula is C19H28N4O4. The summed E-state index contributed by atoms with van der Waals surface area (Å²) in [6.07, 6.45) is 4.29. The number of carbonyl (C=O) groups is 2. The van der Waals surface area contributed by atoms with Crippen LogP contribution in [0.5, 0.6) is 0 Å². The number of rotatable bonds is 6. The number of nitro benzene ring substituents is 1. The van der Waals surface area contributed by atoms with Crippen molar-refractivity contribution in [3.8, 4) is 0 Å². The summed E-state index contributed by atoms with van der Waals surface area (Å²) in [6.45, 7) is 3.98. The average molecular weight is 376 g/mol. The summed E-state index contributed by atoms with van der Waals surface area (Å²) in [5.41, 5.74) is 0.748. The van der Waals surface area contributed by atoms with Gasteiger partial charge in [0.15, 0.2) is 0 Å². The van der Waals surface area contributed by atoms with Gasteiger partial charge in [-0.2, -0.15) is 0 Å². The first-order chi connectivity index (χ1) is 12.8. The number of imide groups is 1. The van der Waals surface area contributed by atoms with Gasteiger partial charge in [0.2, 0.25) is 5.91 Å². The number of hydrogen-bond donors (Lipinski definition) is 2. The van der Waals surface area contributed by atoms with Gasteiger partial charge in [0.05, 0.1) is 11.5 Å². The van der Waals surface area contributed by atoms with Crippen molar-refractivity contribution in [1.29, 1.82) is 0 Å². The highest BCUT2D eigenvalue weighted by Crippen LogP contribution is 2.24. The summed E-state index contributed by atoms with van der Waals surface area (Å²) in [5.74, 6) is 0.00640. The van der Waals surface area contributed by atoms with Crippen molar-refractivity contribution in [3.63, 3.8) is 0 Å². The topological polar surface area (TPSA) is 105 Å². The highest BCUT2D eigenvalue weighted by Gasteiger charge is 2.24. The maximum atomic E-state index is 12.2. The molecule has 148 valence electrons. The van der Waals surface area contributed by atoms with Crippen LogP contribution in [0.4, 0.5) is 10.5 Å². The number of amides is 3. The predicted molar refractivity (Wildman–Crippen MR) is 102 cm³/mol. The minimum Gasteiger partial charge on any atom is -0.335 e. The molecule has 0 aromatic heterocycles. The fourth-order valence-corrected chi connectivity index (χ4v) is 3.42. The van der Waals surface area contributed by atoms with Crippen molar-refractivity contribution in [1.82, 2.24) is 15.5 Å². The Balaban J connectivity index is 1.86. The molecule has 0 bridgehead atoms. The number of urea groups is 1. The molecule has 0 aliphatic heterocycles. The summed E-state index contributed by atoms with van der Waals surface area (Å²) in [4.78, 5) is 36.5. The lowest BCUT2D eigenvalue weighted by Crippen LogP contribution is -2.49. The number of nitro groups is 1. The quantitative estimate of drug-likeness (QED) is 0.587. The van der Waals surface area contributed by atoms with Gasteiger partial charge in [-0.25, -0.2) is 4.79 Å². The molecule has 0 radical (unpaired) electrons. The first-order valence-electron chi connectivity index (χ1n) is 9.33. The molecule has 3 unspecified atom stereocenters. The second kappa shape index (κ2) is 9.45. The number of likely N-dealkylation sites (N-methyl/N-ethyl adjacent to an activating group) is 1. The first kappa shape index (κ1) is 20.8. The summed E-state index contributed by atoms with van der Waals surface area (Å²) in [5, 5.41) is 16.2. The van der Waals surface area contributed by atoms with E-state index < -0.39 is 16.9 Å². The van der Waals surface area contributed by atoms with Crippen LogP contribution in [-0.4, -0.2) is 41.4 Å². The summed E-state index contributed by atoms with van der Waals surface area (Å²) in [7, 11) is 1.74. The molecule has 1 aliphatic rings. The molecule has 1 aliphatic carbocycles. The van der Waals surface area contributed by atoms with Gasteiger partial charge in [-0.05, 0) is 38.3 Å². The standard InChI is InChI=1S/C19H28N4O4/c1-13-7-4-5-10-17(13)20-19(25)21-18(24)12-22(3)14(2)15-8-6-9-16(11-15)23(26)27/h6,8-9,11,13-14,17H,4-5,7,10,12H2,1-3H3,(H2,20,21,24,25). The molecule has 0 heterocycles. The van der Waals surface area contributed by atoms with E-state index in [1.54, 1.807) is 24.1 Å². The van der Waals surface area contributed by atoms with E-state index >= 15 is 0 Å². The Bertz CT molecular complexity index is 694. The Morgan fingerprint density at radius 3 is 2.70 bits per heavy atom. The van der Waals surface area contributed by atoms with E-state index in [0.29, 0.717) is 5.92 Å². The smallest absolute Gasteiger partial charge is 0.321 e. The third-order valence-electron chi connectivity index (χ3n) is 5.30. The number of nitrogens with one attached hydrogen (secondary N) is 2. The Morgan fingerprint density at radius 2 is 2.04 bits per heavy atom. The number of hydrogen-bond acceptors (Lipinski definition) is 5. The van der Waals surface area contributed by atoms with Crippen LogP contribution < -0.4 is 10.6 Å². The normalized spacial score (nSPS) is 20.7. The second-order valence-electron chi connectivity index (χ2n) is 7.33. The van der Waals surface area contributed by atoms with Crippen molar-refractivity contribution in [3.05, 3.63) is 39.9 Å². The summed E-state index contributed by atoms with van der Waals surface area (Å²) < 4.78 is 0. The Hall–Kier alpha value is -2.48. The maximum Gasteiger partial charge on any atom is 0.321 e. The van der Waals surface area contributed by atoms with Crippen LogP contribution >= 0.6 is 0 Å². The molecule has 27 heavy (non-hydrogen) atoms. The number of carbonyl (C=O) groups excluding carboxylic acids is 2. The van der Waals surface area contributed by atoms with E-state index in [2.05, 4.69) is 17.6 Å². The van der Waals surface area contributed by atoms with Crippen molar-refractivity contribution < 1.29 is 14.5 Å².